The third-order valence-corrected chi connectivity index (χ3v) is 7.82. The van der Waals surface area contributed by atoms with E-state index in [0.29, 0.717) is 6.42 Å². The maximum absolute atomic E-state index is 12.4. The van der Waals surface area contributed by atoms with Gasteiger partial charge in [-0.15, -0.1) is 0 Å². The lowest BCUT2D eigenvalue weighted by molar-refractivity contribution is -0.127. The summed E-state index contributed by atoms with van der Waals surface area (Å²) in [6.45, 7) is 4.53. The lowest BCUT2D eigenvalue weighted by atomic mass is 9.94. The molecule has 0 saturated heterocycles. The molecule has 38 heavy (non-hydrogen) atoms. The Bertz CT molecular complexity index is 548. The Kier molecular flexibility index (Phi) is 31.0. The average Bonchev–Trinajstić information content (AvgIpc) is 2.93. The maximum Gasteiger partial charge on any atom is 0.143 e. The third-order valence-electron chi connectivity index (χ3n) is 7.82. The van der Waals surface area contributed by atoms with Crippen molar-refractivity contribution < 1.29 is 9.59 Å². The summed E-state index contributed by atoms with van der Waals surface area (Å²) < 4.78 is 0. The zero-order valence-electron chi connectivity index (χ0n) is 25.9. The summed E-state index contributed by atoms with van der Waals surface area (Å²) in [5.41, 5.74) is 0. The van der Waals surface area contributed by atoms with Gasteiger partial charge in [-0.25, -0.2) is 0 Å². The van der Waals surface area contributed by atoms with E-state index in [0.717, 1.165) is 51.2 Å². The first kappa shape index (κ1) is 36.8. The maximum atomic E-state index is 12.4. The molecule has 0 N–H and O–H groups in total. The number of ketones is 1. The monoisotopic (exact) mass is 531 g/mol. The van der Waals surface area contributed by atoms with Crippen LogP contribution in [0.4, 0.5) is 0 Å². The van der Waals surface area contributed by atoms with Gasteiger partial charge in [-0.3, -0.25) is 4.79 Å². The molecule has 0 aliphatic carbocycles. The van der Waals surface area contributed by atoms with Gasteiger partial charge in [-0.1, -0.05) is 160 Å². The molecule has 1 unspecified atom stereocenters. The molecule has 0 aromatic rings. The van der Waals surface area contributed by atoms with Crippen molar-refractivity contribution >= 4 is 12.1 Å². The highest BCUT2D eigenvalue weighted by atomic mass is 16.1. The minimum atomic E-state index is -0.356. The second kappa shape index (κ2) is 32.0. The van der Waals surface area contributed by atoms with Crippen LogP contribution in [-0.2, 0) is 9.59 Å². The fourth-order valence-electron chi connectivity index (χ4n) is 5.16. The van der Waals surface area contributed by atoms with Crippen LogP contribution in [0, 0.1) is 5.92 Å². The molecule has 2 heteroatoms. The predicted molar refractivity (Wildman–Crippen MR) is 169 cm³/mol. The Labute approximate surface area is 238 Å². The highest BCUT2D eigenvalue weighted by Crippen LogP contribution is 2.17. The molecule has 0 fully saturated rings. The Balaban J connectivity index is 3.50. The second-order valence-electron chi connectivity index (χ2n) is 11.6. The molecule has 1 atom stereocenters. The van der Waals surface area contributed by atoms with Crippen molar-refractivity contribution in [2.24, 2.45) is 5.92 Å². The standard InChI is InChI=1S/C36H66O2/c1-3-5-7-9-11-13-15-17-19-21-23-25-27-29-31-33-36(38)35(34-37)32-30-28-26-24-22-20-18-16-14-12-10-8-6-4-2/h12,14,18,20,34-35H,3-11,13,15-17,19,21-33H2,1-2H3/b14-12-,20-18-. The zero-order chi connectivity index (χ0) is 27.8. The number of carbonyl (C=O) groups excluding carboxylic acids is 2. The number of Topliss-reactive ketones (excluding diaryl/α,β-unsaturated/α-hetero) is 1. The summed E-state index contributed by atoms with van der Waals surface area (Å²) in [5, 5.41) is 0. The van der Waals surface area contributed by atoms with Crippen LogP contribution in [0.15, 0.2) is 24.3 Å². The van der Waals surface area contributed by atoms with E-state index in [1.807, 2.05) is 0 Å². The first-order chi connectivity index (χ1) is 18.8. The van der Waals surface area contributed by atoms with E-state index in [1.54, 1.807) is 0 Å². The van der Waals surface area contributed by atoms with Gasteiger partial charge < -0.3 is 4.79 Å². The van der Waals surface area contributed by atoms with Crippen molar-refractivity contribution in [2.75, 3.05) is 0 Å². The number of rotatable bonds is 31. The molecule has 0 aromatic carbocycles. The van der Waals surface area contributed by atoms with E-state index in [1.165, 1.54) is 122 Å². The van der Waals surface area contributed by atoms with E-state index >= 15 is 0 Å². The Morgan fingerprint density at radius 2 is 0.895 bits per heavy atom. The fourth-order valence-corrected chi connectivity index (χ4v) is 5.16. The molecule has 0 bridgehead atoms. The van der Waals surface area contributed by atoms with E-state index in [2.05, 4.69) is 38.2 Å². The van der Waals surface area contributed by atoms with E-state index in [4.69, 9.17) is 0 Å². The predicted octanol–water partition coefficient (Wildman–Crippen LogP) is 12.1. The number of hydrogen-bond acceptors (Lipinski definition) is 2. The third kappa shape index (κ3) is 27.8. The quantitative estimate of drug-likeness (QED) is 0.0386. The molecule has 0 radical (unpaired) electrons. The number of carbonyl (C=O) groups is 2. The molecule has 0 aliphatic heterocycles. The molecule has 0 spiro atoms. The molecule has 0 aliphatic rings. The van der Waals surface area contributed by atoms with Gasteiger partial charge in [0.05, 0.1) is 5.92 Å². The molecule has 0 rings (SSSR count). The van der Waals surface area contributed by atoms with Crippen molar-refractivity contribution in [3.8, 4) is 0 Å². The van der Waals surface area contributed by atoms with Crippen LogP contribution in [0.1, 0.15) is 187 Å². The van der Waals surface area contributed by atoms with Crippen LogP contribution < -0.4 is 0 Å². The van der Waals surface area contributed by atoms with Crippen LogP contribution in [0.3, 0.4) is 0 Å². The van der Waals surface area contributed by atoms with Gasteiger partial charge in [0.2, 0.25) is 0 Å². The van der Waals surface area contributed by atoms with Gasteiger partial charge in [0.15, 0.2) is 0 Å². The van der Waals surface area contributed by atoms with E-state index in [9.17, 15) is 9.59 Å². The van der Waals surface area contributed by atoms with Crippen LogP contribution in [0.2, 0.25) is 0 Å². The zero-order valence-corrected chi connectivity index (χ0v) is 25.9. The lowest BCUT2D eigenvalue weighted by Crippen LogP contribution is -2.15. The summed E-state index contributed by atoms with van der Waals surface area (Å²) >= 11 is 0. The minimum Gasteiger partial charge on any atom is -0.303 e. The van der Waals surface area contributed by atoms with E-state index < -0.39 is 0 Å². The molecule has 2 nitrogen and oxygen atoms in total. The summed E-state index contributed by atoms with van der Waals surface area (Å²) in [7, 11) is 0. The molecule has 0 saturated carbocycles. The van der Waals surface area contributed by atoms with Gasteiger partial charge in [-0.05, 0) is 44.9 Å². The van der Waals surface area contributed by atoms with Crippen molar-refractivity contribution in [3.05, 3.63) is 24.3 Å². The summed E-state index contributed by atoms with van der Waals surface area (Å²) in [4.78, 5) is 23.9. The first-order valence-corrected chi connectivity index (χ1v) is 17.0. The molecule has 0 heterocycles. The highest BCUT2D eigenvalue weighted by molar-refractivity contribution is 5.93. The van der Waals surface area contributed by atoms with Crippen molar-refractivity contribution in [3.63, 3.8) is 0 Å². The SMILES string of the molecule is CCCCC/C=C\C/C=C\CCCCCCC(C=O)C(=O)CCCCCCCCCCCCCCCCC. The lowest BCUT2D eigenvalue weighted by Gasteiger charge is -2.09. The van der Waals surface area contributed by atoms with Gasteiger partial charge in [-0.2, -0.15) is 0 Å². The van der Waals surface area contributed by atoms with Crippen LogP contribution in [0.25, 0.3) is 0 Å². The number of hydrogen-bond donors (Lipinski definition) is 0. The highest BCUT2D eigenvalue weighted by Gasteiger charge is 2.16. The van der Waals surface area contributed by atoms with E-state index in [-0.39, 0.29) is 11.7 Å². The summed E-state index contributed by atoms with van der Waals surface area (Å²) in [5.74, 6) is -0.175. The summed E-state index contributed by atoms with van der Waals surface area (Å²) in [6, 6.07) is 0. The van der Waals surface area contributed by atoms with Crippen molar-refractivity contribution in [2.45, 2.75) is 187 Å². The second-order valence-corrected chi connectivity index (χ2v) is 11.6. The Morgan fingerprint density at radius 1 is 0.500 bits per heavy atom. The molecule has 222 valence electrons. The molecular weight excluding hydrogens is 464 g/mol. The van der Waals surface area contributed by atoms with Gasteiger partial charge in [0, 0.05) is 6.42 Å². The number of unbranched alkanes of at least 4 members (excludes halogenated alkanes) is 21. The van der Waals surface area contributed by atoms with Gasteiger partial charge >= 0.3 is 0 Å². The molecule has 0 aromatic heterocycles. The first-order valence-electron chi connectivity index (χ1n) is 17.0. The summed E-state index contributed by atoms with van der Waals surface area (Å²) in [6.07, 6.45) is 43.3. The molecule has 0 amide bonds. The minimum absolute atomic E-state index is 0.181. The fraction of sp³-hybridized carbons (Fsp3) is 0.833. The van der Waals surface area contributed by atoms with Gasteiger partial charge in [0.1, 0.15) is 12.1 Å². The van der Waals surface area contributed by atoms with Crippen LogP contribution in [-0.4, -0.2) is 12.1 Å². The van der Waals surface area contributed by atoms with Crippen LogP contribution in [0.5, 0.6) is 0 Å². The largest absolute Gasteiger partial charge is 0.303 e. The van der Waals surface area contributed by atoms with Crippen LogP contribution >= 0.6 is 0 Å². The van der Waals surface area contributed by atoms with Crippen molar-refractivity contribution in [1.29, 1.82) is 0 Å². The normalized spacial score (nSPS) is 12.6. The van der Waals surface area contributed by atoms with Gasteiger partial charge in [0.25, 0.3) is 0 Å². The topological polar surface area (TPSA) is 34.1 Å². The number of aldehydes is 1. The average molecular weight is 531 g/mol. The Morgan fingerprint density at radius 3 is 1.39 bits per heavy atom. The van der Waals surface area contributed by atoms with Crippen molar-refractivity contribution in [1.82, 2.24) is 0 Å². The number of allylic oxidation sites excluding steroid dienone is 4. The smallest absolute Gasteiger partial charge is 0.143 e. The Hall–Kier alpha value is -1.18. The molecular formula is C36H66O2.